The number of nitro groups is 1. The van der Waals surface area contributed by atoms with E-state index in [0.29, 0.717) is 5.69 Å². The molecule has 0 fully saturated rings. The van der Waals surface area contributed by atoms with E-state index in [0.717, 1.165) is 6.07 Å². The molecule has 5 nitrogen and oxygen atoms in total. The van der Waals surface area contributed by atoms with E-state index in [1.165, 1.54) is 23.0 Å². The van der Waals surface area contributed by atoms with Gasteiger partial charge in [0.05, 0.1) is 16.7 Å². The molecule has 0 N–H and O–H groups in total. The van der Waals surface area contributed by atoms with E-state index in [4.69, 9.17) is 0 Å². The smallest absolute Gasteiger partial charge is 0.258 e. The minimum atomic E-state index is -0.658. The molecule has 1 heterocycles. The van der Waals surface area contributed by atoms with Crippen LogP contribution in [0.2, 0.25) is 0 Å². The van der Waals surface area contributed by atoms with Crippen LogP contribution in [0.15, 0.2) is 36.7 Å². The van der Waals surface area contributed by atoms with Crippen molar-refractivity contribution in [3.8, 4) is 5.69 Å². The highest BCUT2D eigenvalue weighted by atomic mass is 19.1. The molecule has 0 radical (unpaired) electrons. The highest BCUT2D eigenvalue weighted by molar-refractivity contribution is 5.43. The van der Waals surface area contributed by atoms with Crippen LogP contribution in [-0.4, -0.2) is 14.7 Å². The Hall–Kier alpha value is -2.24. The Morgan fingerprint density at radius 2 is 2.20 bits per heavy atom. The van der Waals surface area contributed by atoms with Crippen LogP contribution in [-0.2, 0) is 0 Å². The third kappa shape index (κ3) is 1.83. The Morgan fingerprint density at radius 1 is 1.40 bits per heavy atom. The summed E-state index contributed by atoms with van der Waals surface area (Å²) in [6, 6.07) is 4.96. The molecular formula is C9H6FN3O2. The summed E-state index contributed by atoms with van der Waals surface area (Å²) in [4.78, 5) is 9.84. The van der Waals surface area contributed by atoms with Gasteiger partial charge in [-0.25, -0.2) is 9.07 Å². The summed E-state index contributed by atoms with van der Waals surface area (Å²) in [5.41, 5.74) is 0.0344. The lowest BCUT2D eigenvalue weighted by Gasteiger charge is -2.01. The molecule has 1 aromatic carbocycles. The quantitative estimate of drug-likeness (QED) is 0.558. The van der Waals surface area contributed by atoms with Gasteiger partial charge >= 0.3 is 0 Å². The molecule has 0 bridgehead atoms. The number of nitrogens with zero attached hydrogens (tertiary/aromatic N) is 3. The van der Waals surface area contributed by atoms with Gasteiger partial charge in [-0.3, -0.25) is 10.1 Å². The van der Waals surface area contributed by atoms with Gasteiger partial charge in [0.25, 0.3) is 5.69 Å². The fraction of sp³-hybridized carbons (Fsp3) is 0. The van der Waals surface area contributed by atoms with E-state index in [1.807, 2.05) is 0 Å². The van der Waals surface area contributed by atoms with Crippen LogP contribution >= 0.6 is 0 Å². The van der Waals surface area contributed by atoms with E-state index >= 15 is 0 Å². The number of aromatic nitrogens is 2. The maximum Gasteiger partial charge on any atom is 0.274 e. The maximum atomic E-state index is 13.0. The van der Waals surface area contributed by atoms with Crippen LogP contribution in [0.3, 0.4) is 0 Å². The lowest BCUT2D eigenvalue weighted by Crippen LogP contribution is -1.97. The summed E-state index contributed by atoms with van der Waals surface area (Å²) < 4.78 is 14.4. The molecule has 15 heavy (non-hydrogen) atoms. The Labute approximate surface area is 83.9 Å². The number of nitro benzene ring substituents is 1. The molecule has 0 amide bonds. The Kier molecular flexibility index (Phi) is 2.17. The third-order valence-electron chi connectivity index (χ3n) is 1.85. The van der Waals surface area contributed by atoms with Crippen molar-refractivity contribution < 1.29 is 9.31 Å². The highest BCUT2D eigenvalue weighted by Crippen LogP contribution is 2.18. The molecule has 0 unspecified atom stereocenters. The second-order valence-corrected chi connectivity index (χ2v) is 2.88. The van der Waals surface area contributed by atoms with Gasteiger partial charge in [0.15, 0.2) is 0 Å². The zero-order valence-corrected chi connectivity index (χ0v) is 7.50. The predicted molar refractivity (Wildman–Crippen MR) is 50.2 cm³/mol. The molecule has 6 heteroatoms. The predicted octanol–water partition coefficient (Wildman–Crippen LogP) is 1.92. The summed E-state index contributed by atoms with van der Waals surface area (Å²) in [7, 11) is 0. The van der Waals surface area contributed by atoms with E-state index in [2.05, 4.69) is 5.10 Å². The number of non-ortho nitro benzene ring substituents is 1. The Morgan fingerprint density at radius 3 is 2.80 bits per heavy atom. The van der Waals surface area contributed by atoms with Crippen molar-refractivity contribution in [3.63, 3.8) is 0 Å². The molecule has 2 aromatic rings. The van der Waals surface area contributed by atoms with Gasteiger partial charge in [0.2, 0.25) is 0 Å². The topological polar surface area (TPSA) is 61.0 Å². The average molecular weight is 207 g/mol. The summed E-state index contributed by atoms with van der Waals surface area (Å²) in [6.45, 7) is 0. The van der Waals surface area contributed by atoms with Crippen molar-refractivity contribution in [2.45, 2.75) is 0 Å². The summed E-state index contributed by atoms with van der Waals surface area (Å²) >= 11 is 0. The highest BCUT2D eigenvalue weighted by Gasteiger charge is 2.10. The number of benzene rings is 1. The first-order chi connectivity index (χ1) is 7.16. The largest absolute Gasteiger partial charge is 0.274 e. The van der Waals surface area contributed by atoms with Crippen LogP contribution in [0.5, 0.6) is 0 Å². The first-order valence-electron chi connectivity index (χ1n) is 4.12. The van der Waals surface area contributed by atoms with Gasteiger partial charge in [-0.05, 0) is 6.07 Å². The van der Waals surface area contributed by atoms with Crippen LogP contribution in [0.1, 0.15) is 0 Å². The average Bonchev–Trinajstić information content (AvgIpc) is 2.69. The number of hydrogen-bond donors (Lipinski definition) is 0. The van der Waals surface area contributed by atoms with Crippen molar-refractivity contribution >= 4 is 5.69 Å². The van der Waals surface area contributed by atoms with Crippen molar-refractivity contribution in [1.82, 2.24) is 9.78 Å². The molecule has 1 aromatic heterocycles. The second-order valence-electron chi connectivity index (χ2n) is 2.88. The molecule has 0 saturated heterocycles. The van der Waals surface area contributed by atoms with Crippen LogP contribution in [0, 0.1) is 15.9 Å². The zero-order valence-electron chi connectivity index (χ0n) is 7.50. The molecule has 2 rings (SSSR count). The number of halogens is 1. The van der Waals surface area contributed by atoms with Gasteiger partial charge in [-0.2, -0.15) is 5.10 Å². The zero-order chi connectivity index (χ0) is 10.8. The Balaban J connectivity index is 2.54. The van der Waals surface area contributed by atoms with Crippen molar-refractivity contribution in [1.29, 1.82) is 0 Å². The summed E-state index contributed by atoms with van der Waals surface area (Å²) in [6.07, 6.45) is 3.09. The molecular weight excluding hydrogens is 201 g/mol. The molecule has 0 atom stereocenters. The van der Waals surface area contributed by atoms with Gasteiger partial charge in [-0.1, -0.05) is 0 Å². The monoisotopic (exact) mass is 207 g/mol. The maximum absolute atomic E-state index is 13.0. The lowest BCUT2D eigenvalue weighted by atomic mass is 10.3. The summed E-state index contributed by atoms with van der Waals surface area (Å²) in [5, 5.41) is 14.3. The normalized spacial score (nSPS) is 10.2. The Bertz CT molecular complexity index is 496. The minimum Gasteiger partial charge on any atom is -0.258 e. The molecule has 0 aliphatic rings. The van der Waals surface area contributed by atoms with Crippen LogP contribution in [0.25, 0.3) is 5.69 Å². The molecule has 0 spiro atoms. The van der Waals surface area contributed by atoms with Crippen LogP contribution < -0.4 is 0 Å². The van der Waals surface area contributed by atoms with Gasteiger partial charge < -0.3 is 0 Å². The third-order valence-corrected chi connectivity index (χ3v) is 1.85. The second kappa shape index (κ2) is 3.49. The molecule has 0 saturated carbocycles. The first kappa shape index (κ1) is 9.32. The van der Waals surface area contributed by atoms with Crippen molar-refractivity contribution in [2.75, 3.05) is 0 Å². The standard InChI is InChI=1S/C9H6FN3O2/c10-7-4-8(12-3-1-2-11-12)6-9(5-7)13(14)15/h1-6H. The van der Waals surface area contributed by atoms with Crippen molar-refractivity contribution in [3.05, 3.63) is 52.6 Å². The fourth-order valence-corrected chi connectivity index (χ4v) is 1.22. The van der Waals surface area contributed by atoms with Gasteiger partial charge in [-0.15, -0.1) is 0 Å². The van der Waals surface area contributed by atoms with Gasteiger partial charge in [0, 0.05) is 24.5 Å². The summed E-state index contributed by atoms with van der Waals surface area (Å²) in [5.74, 6) is -0.658. The number of hydrogen-bond acceptors (Lipinski definition) is 3. The lowest BCUT2D eigenvalue weighted by molar-refractivity contribution is -0.385. The molecule has 0 aliphatic heterocycles. The van der Waals surface area contributed by atoms with E-state index in [9.17, 15) is 14.5 Å². The first-order valence-corrected chi connectivity index (χ1v) is 4.12. The minimum absolute atomic E-state index is 0.291. The van der Waals surface area contributed by atoms with E-state index < -0.39 is 10.7 Å². The molecule has 0 aliphatic carbocycles. The van der Waals surface area contributed by atoms with Gasteiger partial charge in [0.1, 0.15) is 5.82 Å². The van der Waals surface area contributed by atoms with Crippen molar-refractivity contribution in [2.24, 2.45) is 0 Å². The fourth-order valence-electron chi connectivity index (χ4n) is 1.22. The van der Waals surface area contributed by atoms with E-state index in [-0.39, 0.29) is 5.69 Å². The van der Waals surface area contributed by atoms with E-state index in [1.54, 1.807) is 12.3 Å². The van der Waals surface area contributed by atoms with Crippen LogP contribution in [0.4, 0.5) is 10.1 Å². The number of rotatable bonds is 2. The SMILES string of the molecule is O=[N+]([O-])c1cc(F)cc(-n2cccn2)c1. The molecule has 76 valence electrons.